The predicted octanol–water partition coefficient (Wildman–Crippen LogP) is -0.305. The second kappa shape index (κ2) is 2.31. The van der Waals surface area contributed by atoms with Crippen LogP contribution >= 0.6 is 0 Å². The van der Waals surface area contributed by atoms with E-state index in [0.29, 0.717) is 5.06 Å². The van der Waals surface area contributed by atoms with E-state index in [0.717, 1.165) is 5.01 Å². The van der Waals surface area contributed by atoms with Crippen LogP contribution in [0.5, 0.6) is 0 Å². The third-order valence-corrected chi connectivity index (χ3v) is 1.73. The Morgan fingerprint density at radius 2 is 1.69 bits per heavy atom. The van der Waals surface area contributed by atoms with Gasteiger partial charge in [0.2, 0.25) is 11.8 Å². The van der Waals surface area contributed by atoms with Crippen LogP contribution < -0.4 is 5.84 Å². The molecule has 2 aliphatic rings. The number of aliphatic hydroxyl groups excluding tert-OH is 2. The fraction of sp³-hybridized carbons (Fsp3) is 0. The molecule has 0 saturated heterocycles. The zero-order valence-corrected chi connectivity index (χ0v) is 6.49. The monoisotopic (exact) mass is 184 g/mol. The molecular formula is C6H8N4O3. The Balaban J connectivity index is 2.37. The highest BCUT2D eigenvalue weighted by Gasteiger charge is 2.28. The van der Waals surface area contributed by atoms with E-state index in [1.54, 1.807) is 0 Å². The molecule has 70 valence electrons. The van der Waals surface area contributed by atoms with E-state index in [1.165, 1.54) is 23.5 Å². The fourth-order valence-electron chi connectivity index (χ4n) is 1.08. The minimum Gasteiger partial charge on any atom is -0.492 e. The summed E-state index contributed by atoms with van der Waals surface area (Å²) in [7, 11) is 0. The third-order valence-electron chi connectivity index (χ3n) is 1.73. The number of hydrogen-bond acceptors (Lipinski definition) is 7. The van der Waals surface area contributed by atoms with Crippen molar-refractivity contribution in [3.05, 3.63) is 36.2 Å². The Kier molecular flexibility index (Phi) is 1.38. The van der Waals surface area contributed by atoms with Crippen molar-refractivity contribution in [3.63, 3.8) is 0 Å². The van der Waals surface area contributed by atoms with Crippen molar-refractivity contribution in [1.82, 2.24) is 15.0 Å². The van der Waals surface area contributed by atoms with Crippen LogP contribution in [0.25, 0.3) is 0 Å². The molecule has 7 heteroatoms. The Bertz CT molecular complexity index is 335. The molecule has 0 saturated carbocycles. The molecule has 0 aromatic carbocycles. The van der Waals surface area contributed by atoms with Crippen molar-refractivity contribution in [1.29, 1.82) is 0 Å². The van der Waals surface area contributed by atoms with Crippen LogP contribution in [0, 0.1) is 0 Å². The highest BCUT2D eigenvalue weighted by Crippen LogP contribution is 2.26. The summed E-state index contributed by atoms with van der Waals surface area (Å²) >= 11 is 0. The average Bonchev–Trinajstić information content (AvgIpc) is 2.32. The minimum atomic E-state index is -0.342. The van der Waals surface area contributed by atoms with E-state index in [-0.39, 0.29) is 17.6 Å². The molecule has 0 amide bonds. The molecule has 2 aliphatic heterocycles. The smallest absolute Gasteiger partial charge is 0.234 e. The molecule has 13 heavy (non-hydrogen) atoms. The van der Waals surface area contributed by atoms with Gasteiger partial charge in [0.25, 0.3) is 0 Å². The Hall–Kier alpha value is -1.86. The maximum absolute atomic E-state index is 9.21. The molecule has 5 N–H and O–H groups in total. The number of aliphatic hydroxyl groups is 2. The van der Waals surface area contributed by atoms with E-state index < -0.39 is 0 Å². The number of hydrazine groups is 1. The van der Waals surface area contributed by atoms with Gasteiger partial charge in [0.1, 0.15) is 0 Å². The first-order valence-corrected chi connectivity index (χ1v) is 3.44. The molecule has 0 spiro atoms. The van der Waals surface area contributed by atoms with E-state index in [2.05, 4.69) is 0 Å². The minimum absolute atomic E-state index is 0.192. The van der Waals surface area contributed by atoms with E-state index >= 15 is 0 Å². The van der Waals surface area contributed by atoms with Gasteiger partial charge in [-0.05, 0) is 0 Å². The van der Waals surface area contributed by atoms with Gasteiger partial charge in [-0.1, -0.05) is 0 Å². The van der Waals surface area contributed by atoms with Crippen LogP contribution in [0.15, 0.2) is 36.2 Å². The maximum Gasteiger partial charge on any atom is 0.234 e. The number of hydroxylamine groups is 2. The van der Waals surface area contributed by atoms with Gasteiger partial charge < -0.3 is 10.2 Å². The number of nitrogens with two attached hydrogens (primary N) is 1. The van der Waals surface area contributed by atoms with E-state index in [1.807, 2.05) is 0 Å². The second-order valence-electron chi connectivity index (χ2n) is 2.59. The highest BCUT2D eigenvalue weighted by atomic mass is 16.5. The molecule has 0 aromatic heterocycles. The van der Waals surface area contributed by atoms with Crippen LogP contribution in [0.2, 0.25) is 0 Å². The first-order chi connectivity index (χ1) is 6.09. The second-order valence-corrected chi connectivity index (χ2v) is 2.59. The Morgan fingerprint density at radius 3 is 2.38 bits per heavy atom. The summed E-state index contributed by atoms with van der Waals surface area (Å²) in [5.74, 6) is 5.01. The number of hydrogen-bond donors (Lipinski definition) is 4. The van der Waals surface area contributed by atoms with Crippen LogP contribution in [0.4, 0.5) is 0 Å². The topological polar surface area (TPSA) is 96.4 Å². The molecular weight excluding hydrogens is 176 g/mol. The lowest BCUT2D eigenvalue weighted by atomic mass is 10.5. The van der Waals surface area contributed by atoms with Crippen molar-refractivity contribution in [2.45, 2.75) is 0 Å². The first-order valence-electron chi connectivity index (χ1n) is 3.44. The van der Waals surface area contributed by atoms with E-state index in [4.69, 9.17) is 16.1 Å². The number of rotatable bonds is 0. The normalized spacial score (nSPS) is 21.1. The van der Waals surface area contributed by atoms with Crippen LogP contribution in [-0.4, -0.2) is 30.4 Å². The number of nitrogens with zero attached hydrogens (tertiary/aromatic N) is 3. The summed E-state index contributed by atoms with van der Waals surface area (Å²) in [6.07, 6.45) is 3.74. The third kappa shape index (κ3) is 0.983. The molecule has 0 fully saturated rings. The molecule has 0 aromatic rings. The van der Waals surface area contributed by atoms with Gasteiger partial charge in [-0.2, -0.15) is 5.06 Å². The van der Waals surface area contributed by atoms with Gasteiger partial charge in [-0.25, -0.2) is 5.84 Å². The van der Waals surface area contributed by atoms with Gasteiger partial charge in [0.05, 0.1) is 18.6 Å². The van der Waals surface area contributed by atoms with Crippen molar-refractivity contribution < 1.29 is 15.4 Å². The predicted molar refractivity (Wildman–Crippen MR) is 41.0 cm³/mol. The number of fused-ring (bicyclic) bond motifs is 1. The zero-order chi connectivity index (χ0) is 9.59. The Morgan fingerprint density at radius 1 is 1.08 bits per heavy atom. The lowest BCUT2D eigenvalue weighted by molar-refractivity contribution is -0.0629. The van der Waals surface area contributed by atoms with E-state index in [9.17, 15) is 5.21 Å². The Labute approximate surface area is 73.4 Å². The molecule has 0 aliphatic carbocycles. The molecule has 0 bridgehead atoms. The molecule has 2 heterocycles. The van der Waals surface area contributed by atoms with Crippen LogP contribution in [-0.2, 0) is 0 Å². The zero-order valence-electron chi connectivity index (χ0n) is 6.49. The molecule has 2 rings (SSSR count). The molecule has 7 nitrogen and oxygen atoms in total. The summed E-state index contributed by atoms with van der Waals surface area (Å²) in [5.41, 5.74) is 0. The molecule has 0 radical (unpaired) electrons. The molecule has 0 unspecified atom stereocenters. The van der Waals surface area contributed by atoms with Gasteiger partial charge in [-0.15, -0.1) is 0 Å². The van der Waals surface area contributed by atoms with Crippen molar-refractivity contribution in [2.75, 3.05) is 0 Å². The lowest BCUT2D eigenvalue weighted by Gasteiger charge is -2.25. The quantitative estimate of drug-likeness (QED) is 0.383. The summed E-state index contributed by atoms with van der Waals surface area (Å²) in [6, 6.07) is 0. The SMILES string of the molecule is NN1C=C2N(C=C1O)C=C(O)N2O. The van der Waals surface area contributed by atoms with Gasteiger partial charge in [0, 0.05) is 0 Å². The maximum atomic E-state index is 9.21. The fourth-order valence-corrected chi connectivity index (χ4v) is 1.08. The van der Waals surface area contributed by atoms with Crippen molar-refractivity contribution in [2.24, 2.45) is 5.84 Å². The van der Waals surface area contributed by atoms with Crippen molar-refractivity contribution >= 4 is 0 Å². The molecule has 0 atom stereocenters. The first kappa shape index (κ1) is 7.77. The lowest BCUT2D eigenvalue weighted by Crippen LogP contribution is -2.33. The largest absolute Gasteiger partial charge is 0.492 e. The standard InChI is InChI=1S/C6H8N4O3/c7-9-1-4-8(2-5(9)11)3-6(12)10(4)13/h1-3,11-13H,7H2. The van der Waals surface area contributed by atoms with Crippen molar-refractivity contribution in [3.8, 4) is 0 Å². The summed E-state index contributed by atoms with van der Waals surface area (Å²) in [5, 5.41) is 28.9. The highest BCUT2D eigenvalue weighted by molar-refractivity contribution is 5.22. The summed E-state index contributed by atoms with van der Waals surface area (Å²) in [4.78, 5) is 1.33. The average molecular weight is 184 g/mol. The summed E-state index contributed by atoms with van der Waals surface area (Å²) in [6.45, 7) is 0. The van der Waals surface area contributed by atoms with Gasteiger partial charge >= 0.3 is 0 Å². The van der Waals surface area contributed by atoms with Crippen LogP contribution in [0.1, 0.15) is 0 Å². The summed E-state index contributed by atoms with van der Waals surface area (Å²) < 4.78 is 0. The van der Waals surface area contributed by atoms with Gasteiger partial charge in [-0.3, -0.25) is 15.1 Å². The van der Waals surface area contributed by atoms with Gasteiger partial charge in [0.15, 0.2) is 5.82 Å². The van der Waals surface area contributed by atoms with Crippen LogP contribution in [0.3, 0.4) is 0 Å².